The summed E-state index contributed by atoms with van der Waals surface area (Å²) in [5.74, 6) is -0.379. The number of carbonyl (C=O) groups is 1. The largest absolute Gasteiger partial charge is 0.466 e. The number of allylic oxidation sites excluding steroid dienone is 2. The van der Waals surface area contributed by atoms with Gasteiger partial charge in [-0.15, -0.1) is 0 Å². The number of imidazole rings is 1. The predicted molar refractivity (Wildman–Crippen MR) is 62.8 cm³/mol. The van der Waals surface area contributed by atoms with Crippen molar-refractivity contribution in [2.45, 2.75) is 20.3 Å². The van der Waals surface area contributed by atoms with E-state index in [4.69, 9.17) is 0 Å². The molecule has 86 valence electrons. The van der Waals surface area contributed by atoms with Gasteiger partial charge in [0.15, 0.2) is 0 Å². The summed E-state index contributed by atoms with van der Waals surface area (Å²) in [6.07, 6.45) is 7.51. The van der Waals surface area contributed by atoms with Crippen LogP contribution in [-0.4, -0.2) is 23.0 Å². The highest BCUT2D eigenvalue weighted by atomic mass is 16.5. The first-order valence-corrected chi connectivity index (χ1v) is 5.05. The van der Waals surface area contributed by atoms with Gasteiger partial charge in [0.2, 0.25) is 0 Å². The molecule has 0 fully saturated rings. The van der Waals surface area contributed by atoms with Crippen molar-refractivity contribution in [2.24, 2.45) is 0 Å². The second kappa shape index (κ2) is 5.90. The summed E-state index contributed by atoms with van der Waals surface area (Å²) >= 11 is 0. The lowest BCUT2D eigenvalue weighted by molar-refractivity contribution is -0.134. The Hall–Kier alpha value is -1.84. The van der Waals surface area contributed by atoms with Crippen molar-refractivity contribution in [2.75, 3.05) is 7.11 Å². The van der Waals surface area contributed by atoms with Gasteiger partial charge in [0, 0.05) is 18.2 Å². The average molecular weight is 220 g/mol. The molecule has 1 aromatic heterocycles. The molecule has 0 amide bonds. The van der Waals surface area contributed by atoms with E-state index in [0.29, 0.717) is 0 Å². The Morgan fingerprint density at radius 2 is 2.31 bits per heavy atom. The summed E-state index contributed by atoms with van der Waals surface area (Å²) < 4.78 is 4.51. The van der Waals surface area contributed by atoms with Gasteiger partial charge >= 0.3 is 5.97 Å². The third kappa shape index (κ3) is 3.73. The van der Waals surface area contributed by atoms with E-state index < -0.39 is 0 Å². The van der Waals surface area contributed by atoms with Crippen molar-refractivity contribution in [3.63, 3.8) is 0 Å². The first-order valence-electron chi connectivity index (χ1n) is 5.05. The molecule has 0 bridgehead atoms. The molecule has 0 saturated carbocycles. The zero-order chi connectivity index (χ0) is 12.0. The molecule has 0 aliphatic rings. The molecule has 4 nitrogen and oxygen atoms in total. The average Bonchev–Trinajstić information content (AvgIpc) is 2.70. The molecule has 1 N–H and O–H groups in total. The second-order valence-corrected chi connectivity index (χ2v) is 3.61. The van der Waals surface area contributed by atoms with Crippen LogP contribution >= 0.6 is 0 Å². The van der Waals surface area contributed by atoms with Crippen LogP contribution in [0, 0.1) is 0 Å². The fourth-order valence-electron chi connectivity index (χ4n) is 1.16. The lowest BCUT2D eigenvalue weighted by Crippen LogP contribution is -1.94. The van der Waals surface area contributed by atoms with Crippen molar-refractivity contribution in [3.8, 4) is 0 Å². The normalized spacial score (nSPS) is 10.4. The molecular formula is C12H16N2O2. The van der Waals surface area contributed by atoms with Gasteiger partial charge in [-0.3, -0.25) is 0 Å². The molecule has 0 aromatic carbocycles. The molecule has 0 radical (unpaired) electrons. The maximum absolute atomic E-state index is 10.9. The van der Waals surface area contributed by atoms with Gasteiger partial charge in [0.1, 0.15) is 0 Å². The molecule has 0 aliphatic heterocycles. The maximum Gasteiger partial charge on any atom is 0.330 e. The van der Waals surface area contributed by atoms with E-state index in [-0.39, 0.29) is 5.97 Å². The van der Waals surface area contributed by atoms with Crippen molar-refractivity contribution >= 4 is 12.0 Å². The fraction of sp³-hybridized carbons (Fsp3) is 0.333. The summed E-state index contributed by atoms with van der Waals surface area (Å²) in [5, 5.41) is 0. The van der Waals surface area contributed by atoms with Gasteiger partial charge in [-0.05, 0) is 19.9 Å². The minimum absolute atomic E-state index is 0.379. The van der Waals surface area contributed by atoms with Gasteiger partial charge in [-0.2, -0.15) is 0 Å². The number of hydrogen-bond donors (Lipinski definition) is 1. The summed E-state index contributed by atoms with van der Waals surface area (Å²) in [6.45, 7) is 4.08. The Balaban J connectivity index is 2.74. The van der Waals surface area contributed by atoms with E-state index in [1.807, 2.05) is 13.8 Å². The van der Waals surface area contributed by atoms with Crippen molar-refractivity contribution in [1.82, 2.24) is 9.97 Å². The Kier molecular flexibility index (Phi) is 4.51. The van der Waals surface area contributed by atoms with Crippen LogP contribution in [0.5, 0.6) is 0 Å². The first kappa shape index (κ1) is 12.2. The van der Waals surface area contributed by atoms with Gasteiger partial charge in [0.25, 0.3) is 0 Å². The summed E-state index contributed by atoms with van der Waals surface area (Å²) in [7, 11) is 1.35. The Bertz CT molecular complexity index is 412. The summed E-state index contributed by atoms with van der Waals surface area (Å²) in [4.78, 5) is 18.1. The number of methoxy groups -OCH3 is 1. The SMILES string of the molecule is COC(=O)/C=C/c1nc[nH]c1CC=C(C)C. The predicted octanol–water partition coefficient (Wildman–Crippen LogP) is 2.10. The zero-order valence-corrected chi connectivity index (χ0v) is 9.78. The number of ether oxygens (including phenoxy) is 1. The standard InChI is InChI=1S/C12H16N2O2/c1-9(2)4-5-10-11(14-8-13-10)6-7-12(15)16-3/h4,6-8H,5H2,1-3H3,(H,13,14)/b7-6+. The number of nitrogens with zero attached hydrogens (tertiary/aromatic N) is 1. The number of carbonyl (C=O) groups excluding carboxylic acids is 1. The molecule has 0 saturated heterocycles. The van der Waals surface area contributed by atoms with Crippen molar-refractivity contribution < 1.29 is 9.53 Å². The topological polar surface area (TPSA) is 55.0 Å². The number of H-pyrrole nitrogens is 1. The van der Waals surface area contributed by atoms with E-state index in [2.05, 4.69) is 20.8 Å². The molecule has 0 unspecified atom stereocenters. The van der Waals surface area contributed by atoms with Crippen LogP contribution in [0.25, 0.3) is 6.08 Å². The number of aromatic amines is 1. The lowest BCUT2D eigenvalue weighted by Gasteiger charge is -1.95. The fourth-order valence-corrected chi connectivity index (χ4v) is 1.16. The highest BCUT2D eigenvalue weighted by Crippen LogP contribution is 2.08. The van der Waals surface area contributed by atoms with E-state index in [1.54, 1.807) is 12.4 Å². The molecule has 0 spiro atoms. The van der Waals surface area contributed by atoms with E-state index in [9.17, 15) is 4.79 Å². The summed E-state index contributed by atoms with van der Waals surface area (Å²) in [5.41, 5.74) is 3.00. The molecule has 1 aromatic rings. The quantitative estimate of drug-likeness (QED) is 0.480. The van der Waals surface area contributed by atoms with Crippen LogP contribution in [-0.2, 0) is 16.0 Å². The van der Waals surface area contributed by atoms with Crippen LogP contribution in [0.4, 0.5) is 0 Å². The van der Waals surface area contributed by atoms with E-state index >= 15 is 0 Å². The maximum atomic E-state index is 10.9. The highest BCUT2D eigenvalue weighted by molar-refractivity contribution is 5.86. The number of esters is 1. The van der Waals surface area contributed by atoms with Crippen LogP contribution in [0.2, 0.25) is 0 Å². The zero-order valence-electron chi connectivity index (χ0n) is 9.78. The third-order valence-corrected chi connectivity index (χ3v) is 2.04. The Morgan fingerprint density at radius 3 is 2.94 bits per heavy atom. The number of aromatic nitrogens is 2. The van der Waals surface area contributed by atoms with Crippen molar-refractivity contribution in [1.29, 1.82) is 0 Å². The smallest absolute Gasteiger partial charge is 0.330 e. The first-order chi connectivity index (χ1) is 7.63. The molecule has 1 heterocycles. The van der Waals surface area contributed by atoms with E-state index in [1.165, 1.54) is 18.8 Å². The van der Waals surface area contributed by atoms with Gasteiger partial charge in [-0.1, -0.05) is 11.6 Å². The number of nitrogens with one attached hydrogen (secondary N) is 1. The molecule has 1 rings (SSSR count). The van der Waals surface area contributed by atoms with E-state index in [0.717, 1.165) is 17.8 Å². The number of rotatable bonds is 4. The van der Waals surface area contributed by atoms with Gasteiger partial charge < -0.3 is 9.72 Å². The molecule has 4 heteroatoms. The van der Waals surface area contributed by atoms with Gasteiger partial charge in [0.05, 0.1) is 19.1 Å². The molecule has 0 atom stereocenters. The van der Waals surface area contributed by atoms with Gasteiger partial charge in [-0.25, -0.2) is 9.78 Å². The van der Waals surface area contributed by atoms with Crippen LogP contribution in [0.15, 0.2) is 24.1 Å². The highest BCUT2D eigenvalue weighted by Gasteiger charge is 2.01. The molecule has 16 heavy (non-hydrogen) atoms. The minimum Gasteiger partial charge on any atom is -0.466 e. The Labute approximate surface area is 95.0 Å². The van der Waals surface area contributed by atoms with Crippen molar-refractivity contribution in [3.05, 3.63) is 35.4 Å². The lowest BCUT2D eigenvalue weighted by atomic mass is 10.2. The monoisotopic (exact) mass is 220 g/mol. The summed E-state index contributed by atoms with van der Waals surface area (Å²) in [6, 6.07) is 0. The Morgan fingerprint density at radius 1 is 1.56 bits per heavy atom. The third-order valence-electron chi connectivity index (χ3n) is 2.04. The van der Waals surface area contributed by atoms with Crippen LogP contribution in [0.3, 0.4) is 0 Å². The van der Waals surface area contributed by atoms with Crippen LogP contribution in [0.1, 0.15) is 25.2 Å². The number of hydrogen-bond acceptors (Lipinski definition) is 3. The second-order valence-electron chi connectivity index (χ2n) is 3.61. The minimum atomic E-state index is -0.379. The molecule has 0 aliphatic carbocycles. The van der Waals surface area contributed by atoms with Crippen LogP contribution < -0.4 is 0 Å². The molecular weight excluding hydrogens is 204 g/mol.